The van der Waals surface area contributed by atoms with E-state index < -0.39 is 0 Å². The zero-order valence-corrected chi connectivity index (χ0v) is 11.7. The zero-order chi connectivity index (χ0) is 12.8. The van der Waals surface area contributed by atoms with Crippen LogP contribution in [-0.4, -0.2) is 28.0 Å². The van der Waals surface area contributed by atoms with Crippen molar-refractivity contribution in [2.24, 2.45) is 0 Å². The first kappa shape index (κ1) is 13.3. The molecule has 2 rings (SSSR count). The molecule has 0 aliphatic carbocycles. The summed E-state index contributed by atoms with van der Waals surface area (Å²) in [6, 6.07) is 8.53. The van der Waals surface area contributed by atoms with Crippen molar-refractivity contribution in [3.05, 3.63) is 36.2 Å². The van der Waals surface area contributed by atoms with Gasteiger partial charge in [-0.25, -0.2) is 4.98 Å². The van der Waals surface area contributed by atoms with Crippen molar-refractivity contribution in [1.29, 1.82) is 0 Å². The third kappa shape index (κ3) is 3.43. The molecule has 96 valence electrons. The smallest absolute Gasteiger partial charge is 0.0890 e. The minimum absolute atomic E-state index is 0.549. The van der Waals surface area contributed by atoms with Crippen LogP contribution in [0.25, 0.3) is 11.0 Å². The molecule has 1 heterocycles. The molecule has 0 saturated carbocycles. The highest BCUT2D eigenvalue weighted by Gasteiger charge is 2.05. The van der Waals surface area contributed by atoms with Gasteiger partial charge in [-0.05, 0) is 24.8 Å². The Morgan fingerprint density at radius 1 is 1.28 bits per heavy atom. The van der Waals surface area contributed by atoms with E-state index in [1.165, 1.54) is 0 Å². The number of nitrogens with zero attached hydrogens (tertiary/aromatic N) is 2. The molecule has 2 aromatic rings. The van der Waals surface area contributed by atoms with Crippen LogP contribution in [0.3, 0.4) is 0 Å². The van der Waals surface area contributed by atoms with E-state index in [0.29, 0.717) is 6.04 Å². The average Bonchev–Trinajstić information content (AvgIpc) is 2.43. The van der Waals surface area contributed by atoms with Crippen LogP contribution in [0.5, 0.6) is 0 Å². The molecule has 0 aliphatic heterocycles. The summed E-state index contributed by atoms with van der Waals surface area (Å²) in [5.74, 6) is 1.14. The van der Waals surface area contributed by atoms with Crippen LogP contribution in [-0.2, 0) is 6.54 Å². The molecule has 1 aromatic heterocycles. The van der Waals surface area contributed by atoms with Gasteiger partial charge in [-0.2, -0.15) is 11.8 Å². The molecular formula is C14H19N3S. The van der Waals surface area contributed by atoms with Gasteiger partial charge in [-0.15, -0.1) is 0 Å². The second-order valence-corrected chi connectivity index (χ2v) is 5.20. The fourth-order valence-electron chi connectivity index (χ4n) is 1.85. The molecule has 0 amide bonds. The van der Waals surface area contributed by atoms with Crippen molar-refractivity contribution in [3.8, 4) is 0 Å². The first-order valence-electron chi connectivity index (χ1n) is 6.26. The quantitative estimate of drug-likeness (QED) is 0.867. The normalized spacial score (nSPS) is 12.8. The summed E-state index contributed by atoms with van der Waals surface area (Å²) in [7, 11) is 0. The van der Waals surface area contributed by atoms with Gasteiger partial charge in [0, 0.05) is 18.3 Å². The lowest BCUT2D eigenvalue weighted by Crippen LogP contribution is -2.30. The second kappa shape index (κ2) is 6.71. The van der Waals surface area contributed by atoms with Crippen molar-refractivity contribution < 1.29 is 0 Å². The van der Waals surface area contributed by atoms with E-state index in [-0.39, 0.29) is 0 Å². The van der Waals surface area contributed by atoms with Gasteiger partial charge in [-0.1, -0.05) is 19.1 Å². The third-order valence-electron chi connectivity index (χ3n) is 2.93. The Kier molecular flexibility index (Phi) is 4.96. The zero-order valence-electron chi connectivity index (χ0n) is 10.9. The van der Waals surface area contributed by atoms with Crippen molar-refractivity contribution >= 4 is 22.8 Å². The number of hydrogen-bond donors (Lipinski definition) is 1. The van der Waals surface area contributed by atoms with Gasteiger partial charge in [0.15, 0.2) is 0 Å². The molecule has 0 spiro atoms. The number of benzene rings is 1. The van der Waals surface area contributed by atoms with Gasteiger partial charge >= 0.3 is 0 Å². The van der Waals surface area contributed by atoms with E-state index in [0.717, 1.165) is 35.4 Å². The number of nitrogens with one attached hydrogen (secondary N) is 1. The SMILES string of the molecule is CCC(CSC)NCc1cnc2ccccc2n1. The van der Waals surface area contributed by atoms with Crippen molar-refractivity contribution in [2.45, 2.75) is 25.9 Å². The van der Waals surface area contributed by atoms with Crippen molar-refractivity contribution in [3.63, 3.8) is 0 Å². The van der Waals surface area contributed by atoms with Crippen LogP contribution in [0.15, 0.2) is 30.5 Å². The first-order valence-corrected chi connectivity index (χ1v) is 7.66. The third-order valence-corrected chi connectivity index (χ3v) is 3.67. The summed E-state index contributed by atoms with van der Waals surface area (Å²) < 4.78 is 0. The topological polar surface area (TPSA) is 37.8 Å². The van der Waals surface area contributed by atoms with E-state index in [9.17, 15) is 0 Å². The van der Waals surface area contributed by atoms with E-state index in [1.54, 1.807) is 0 Å². The van der Waals surface area contributed by atoms with Gasteiger partial charge in [0.1, 0.15) is 0 Å². The highest BCUT2D eigenvalue weighted by molar-refractivity contribution is 7.98. The number of aromatic nitrogens is 2. The molecule has 0 aliphatic rings. The number of hydrogen-bond acceptors (Lipinski definition) is 4. The average molecular weight is 261 g/mol. The Bertz CT molecular complexity index is 501. The molecule has 18 heavy (non-hydrogen) atoms. The molecule has 1 unspecified atom stereocenters. The lowest BCUT2D eigenvalue weighted by atomic mass is 10.2. The lowest BCUT2D eigenvalue weighted by Gasteiger charge is -2.15. The van der Waals surface area contributed by atoms with Crippen LogP contribution < -0.4 is 5.32 Å². The highest BCUT2D eigenvalue weighted by atomic mass is 32.2. The summed E-state index contributed by atoms with van der Waals surface area (Å²) in [6.07, 6.45) is 5.14. The fraction of sp³-hybridized carbons (Fsp3) is 0.429. The fourth-order valence-corrected chi connectivity index (χ4v) is 2.61. The Morgan fingerprint density at radius 2 is 2.06 bits per heavy atom. The number of fused-ring (bicyclic) bond motifs is 1. The lowest BCUT2D eigenvalue weighted by molar-refractivity contribution is 0.536. The maximum atomic E-state index is 4.61. The number of thioether (sulfide) groups is 1. The predicted molar refractivity (Wildman–Crippen MR) is 78.8 cm³/mol. The van der Waals surface area contributed by atoms with Gasteiger partial charge < -0.3 is 5.32 Å². The molecule has 0 radical (unpaired) electrons. The monoisotopic (exact) mass is 261 g/mol. The van der Waals surface area contributed by atoms with Crippen molar-refractivity contribution in [1.82, 2.24) is 15.3 Å². The Hall–Kier alpha value is -1.13. The van der Waals surface area contributed by atoms with E-state index in [1.807, 2.05) is 42.2 Å². The van der Waals surface area contributed by atoms with Crippen LogP contribution >= 0.6 is 11.8 Å². The van der Waals surface area contributed by atoms with E-state index >= 15 is 0 Å². The van der Waals surface area contributed by atoms with E-state index in [2.05, 4.69) is 28.5 Å². The summed E-state index contributed by atoms with van der Waals surface area (Å²) in [6.45, 7) is 3.00. The molecule has 3 nitrogen and oxygen atoms in total. The molecule has 1 aromatic carbocycles. The molecule has 0 fully saturated rings. The van der Waals surface area contributed by atoms with Crippen LogP contribution in [0.1, 0.15) is 19.0 Å². The summed E-state index contributed by atoms with van der Waals surface area (Å²) >= 11 is 1.87. The van der Waals surface area contributed by atoms with E-state index in [4.69, 9.17) is 0 Å². The summed E-state index contributed by atoms with van der Waals surface area (Å²) in [5, 5.41) is 3.53. The van der Waals surface area contributed by atoms with Gasteiger partial charge in [-0.3, -0.25) is 4.98 Å². The van der Waals surface area contributed by atoms with Gasteiger partial charge in [0.25, 0.3) is 0 Å². The number of para-hydroxylation sites is 2. The number of rotatable bonds is 6. The first-order chi connectivity index (χ1) is 8.83. The summed E-state index contributed by atoms with van der Waals surface area (Å²) in [4.78, 5) is 9.03. The molecule has 0 bridgehead atoms. The van der Waals surface area contributed by atoms with Crippen LogP contribution in [0.4, 0.5) is 0 Å². The molecular weight excluding hydrogens is 242 g/mol. The molecule has 0 saturated heterocycles. The molecule has 4 heteroatoms. The maximum absolute atomic E-state index is 4.61. The molecule has 1 N–H and O–H groups in total. The largest absolute Gasteiger partial charge is 0.308 e. The molecule has 1 atom stereocenters. The predicted octanol–water partition coefficient (Wildman–Crippen LogP) is 2.86. The Balaban J connectivity index is 2.03. The maximum Gasteiger partial charge on any atom is 0.0890 e. The van der Waals surface area contributed by atoms with Crippen LogP contribution in [0, 0.1) is 0 Å². The standard InChI is InChI=1S/C14H19N3S/c1-3-11(10-18-2)15-8-12-9-16-13-6-4-5-7-14(13)17-12/h4-7,9,11,15H,3,8,10H2,1-2H3. The van der Waals surface area contributed by atoms with Crippen LogP contribution in [0.2, 0.25) is 0 Å². The van der Waals surface area contributed by atoms with Crippen molar-refractivity contribution in [2.75, 3.05) is 12.0 Å². The highest BCUT2D eigenvalue weighted by Crippen LogP contribution is 2.09. The van der Waals surface area contributed by atoms with Gasteiger partial charge in [0.2, 0.25) is 0 Å². The minimum atomic E-state index is 0.549. The van der Waals surface area contributed by atoms with Gasteiger partial charge in [0.05, 0.1) is 22.9 Å². The minimum Gasteiger partial charge on any atom is -0.308 e. The second-order valence-electron chi connectivity index (χ2n) is 4.29. The summed E-state index contributed by atoms with van der Waals surface area (Å²) in [5.41, 5.74) is 2.93. The Labute approximate surface area is 112 Å². The Morgan fingerprint density at radius 3 is 2.78 bits per heavy atom.